The van der Waals surface area contributed by atoms with Crippen molar-refractivity contribution >= 4 is 11.7 Å². The third-order valence-corrected chi connectivity index (χ3v) is 3.61. The van der Waals surface area contributed by atoms with E-state index < -0.39 is 0 Å². The van der Waals surface area contributed by atoms with Crippen molar-refractivity contribution in [1.29, 1.82) is 5.26 Å². The maximum Gasteiger partial charge on any atom is 0.237 e. The molecule has 1 aromatic rings. The number of nitriles is 1. The highest BCUT2D eigenvalue weighted by molar-refractivity contribution is 5.80. The largest absolute Gasteiger partial charge is 0.368 e. The molecular weight excluding hydrogens is 240 g/mol. The number of hydrogen-bond acceptors (Lipinski definition) is 4. The van der Waals surface area contributed by atoms with Crippen molar-refractivity contribution in [3.8, 4) is 6.07 Å². The monoisotopic (exact) mass is 258 g/mol. The van der Waals surface area contributed by atoms with Crippen LogP contribution in [-0.2, 0) is 4.79 Å². The minimum atomic E-state index is -0.390. The lowest BCUT2D eigenvalue weighted by Gasteiger charge is -2.29. The number of amides is 1. The lowest BCUT2D eigenvalue weighted by Crippen LogP contribution is -2.41. The van der Waals surface area contributed by atoms with Crippen LogP contribution in [0.2, 0.25) is 0 Å². The quantitative estimate of drug-likeness (QED) is 0.887. The molecule has 5 nitrogen and oxygen atoms in total. The van der Waals surface area contributed by atoms with Gasteiger partial charge in [-0.05, 0) is 31.4 Å². The Morgan fingerprint density at radius 3 is 2.84 bits per heavy atom. The average molecular weight is 258 g/mol. The molecule has 0 saturated heterocycles. The van der Waals surface area contributed by atoms with Gasteiger partial charge in [-0.1, -0.05) is 12.8 Å². The van der Waals surface area contributed by atoms with Crippen LogP contribution in [0.5, 0.6) is 0 Å². The summed E-state index contributed by atoms with van der Waals surface area (Å²) in [4.78, 5) is 17.5. The molecule has 100 valence electrons. The Balaban J connectivity index is 2.40. The fourth-order valence-electron chi connectivity index (χ4n) is 2.66. The topological polar surface area (TPSA) is 83.0 Å². The molecule has 1 aromatic heterocycles. The SMILES string of the molecule is Cc1ccnc(N(CC(N)=O)C2CCCC2)c1C#N. The molecule has 0 aromatic carbocycles. The highest BCUT2D eigenvalue weighted by atomic mass is 16.1. The minimum Gasteiger partial charge on any atom is -0.368 e. The summed E-state index contributed by atoms with van der Waals surface area (Å²) in [5.74, 6) is 0.201. The second-order valence-electron chi connectivity index (χ2n) is 4.97. The molecule has 0 aliphatic heterocycles. The number of aryl methyl sites for hydroxylation is 1. The Morgan fingerprint density at radius 1 is 1.58 bits per heavy atom. The van der Waals surface area contributed by atoms with E-state index in [4.69, 9.17) is 5.73 Å². The summed E-state index contributed by atoms with van der Waals surface area (Å²) in [7, 11) is 0. The van der Waals surface area contributed by atoms with E-state index >= 15 is 0 Å². The second-order valence-corrected chi connectivity index (χ2v) is 4.97. The van der Waals surface area contributed by atoms with Gasteiger partial charge in [0, 0.05) is 12.2 Å². The summed E-state index contributed by atoms with van der Waals surface area (Å²) >= 11 is 0. The summed E-state index contributed by atoms with van der Waals surface area (Å²) < 4.78 is 0. The summed E-state index contributed by atoms with van der Waals surface area (Å²) in [5, 5.41) is 9.29. The number of nitrogens with two attached hydrogens (primary N) is 1. The van der Waals surface area contributed by atoms with E-state index in [9.17, 15) is 10.1 Å². The first-order valence-corrected chi connectivity index (χ1v) is 6.54. The van der Waals surface area contributed by atoms with Gasteiger partial charge in [0.05, 0.1) is 12.1 Å². The van der Waals surface area contributed by atoms with Crippen molar-refractivity contribution in [3.63, 3.8) is 0 Å². The number of pyridine rings is 1. The number of carbonyl (C=O) groups is 1. The number of rotatable bonds is 4. The molecule has 0 bridgehead atoms. The van der Waals surface area contributed by atoms with Crippen LogP contribution >= 0.6 is 0 Å². The number of carbonyl (C=O) groups excluding carboxylic acids is 1. The van der Waals surface area contributed by atoms with E-state index in [0.29, 0.717) is 11.4 Å². The van der Waals surface area contributed by atoms with E-state index in [0.717, 1.165) is 31.2 Å². The van der Waals surface area contributed by atoms with Crippen LogP contribution in [0.1, 0.15) is 36.8 Å². The normalized spacial score (nSPS) is 15.2. The lowest BCUT2D eigenvalue weighted by atomic mass is 10.1. The first-order chi connectivity index (χ1) is 9.13. The number of nitrogens with zero attached hydrogens (tertiary/aromatic N) is 3. The van der Waals surface area contributed by atoms with E-state index in [-0.39, 0.29) is 18.5 Å². The van der Waals surface area contributed by atoms with Gasteiger partial charge in [-0.25, -0.2) is 4.98 Å². The van der Waals surface area contributed by atoms with Crippen molar-refractivity contribution in [3.05, 3.63) is 23.4 Å². The van der Waals surface area contributed by atoms with Crippen molar-refractivity contribution in [2.75, 3.05) is 11.4 Å². The van der Waals surface area contributed by atoms with Crippen molar-refractivity contribution in [2.45, 2.75) is 38.6 Å². The van der Waals surface area contributed by atoms with Gasteiger partial charge in [0.15, 0.2) is 0 Å². The van der Waals surface area contributed by atoms with Crippen LogP contribution < -0.4 is 10.6 Å². The molecule has 1 aliphatic carbocycles. The maximum absolute atomic E-state index is 11.3. The van der Waals surface area contributed by atoms with E-state index in [1.165, 1.54) is 0 Å². The first kappa shape index (κ1) is 13.3. The molecule has 1 heterocycles. The number of aromatic nitrogens is 1. The lowest BCUT2D eigenvalue weighted by molar-refractivity contribution is -0.116. The minimum absolute atomic E-state index is 0.121. The van der Waals surface area contributed by atoms with Gasteiger partial charge in [0.1, 0.15) is 11.9 Å². The maximum atomic E-state index is 11.3. The summed E-state index contributed by atoms with van der Waals surface area (Å²) in [6.07, 6.45) is 6.01. The van der Waals surface area contributed by atoms with Crippen LogP contribution in [0.15, 0.2) is 12.3 Å². The molecule has 0 spiro atoms. The van der Waals surface area contributed by atoms with Crippen molar-refractivity contribution < 1.29 is 4.79 Å². The standard InChI is InChI=1S/C14H18N4O/c1-10-6-7-17-14(12(10)8-15)18(9-13(16)19)11-4-2-3-5-11/h6-7,11H,2-5,9H2,1H3,(H2,16,19). The van der Waals surface area contributed by atoms with Crippen molar-refractivity contribution in [2.24, 2.45) is 5.73 Å². The van der Waals surface area contributed by atoms with E-state index in [2.05, 4.69) is 11.1 Å². The van der Waals surface area contributed by atoms with Crippen LogP contribution in [0.4, 0.5) is 5.82 Å². The van der Waals surface area contributed by atoms with Gasteiger partial charge in [0.2, 0.25) is 5.91 Å². The molecular formula is C14H18N4O. The molecule has 2 N–H and O–H groups in total. The number of primary amides is 1. The zero-order chi connectivity index (χ0) is 13.8. The van der Waals surface area contributed by atoms with Gasteiger partial charge in [-0.2, -0.15) is 5.26 Å². The van der Waals surface area contributed by atoms with Crippen molar-refractivity contribution in [1.82, 2.24) is 4.98 Å². The Hall–Kier alpha value is -2.09. The summed E-state index contributed by atoms with van der Waals surface area (Å²) in [6, 6.07) is 4.25. The van der Waals surface area contributed by atoms with Crippen LogP contribution in [-0.4, -0.2) is 23.5 Å². The molecule has 0 unspecified atom stereocenters. The molecule has 19 heavy (non-hydrogen) atoms. The fourth-order valence-corrected chi connectivity index (χ4v) is 2.66. The average Bonchev–Trinajstić information content (AvgIpc) is 2.89. The van der Waals surface area contributed by atoms with Crippen LogP contribution in [0.25, 0.3) is 0 Å². The number of anilines is 1. The summed E-state index contributed by atoms with van der Waals surface area (Å²) in [5.41, 5.74) is 6.75. The highest BCUT2D eigenvalue weighted by Gasteiger charge is 2.27. The number of hydrogen-bond donors (Lipinski definition) is 1. The fraction of sp³-hybridized carbons (Fsp3) is 0.500. The molecule has 1 amide bonds. The third kappa shape index (κ3) is 2.84. The molecule has 1 fully saturated rings. The van der Waals surface area contributed by atoms with Gasteiger partial charge in [-0.3, -0.25) is 4.79 Å². The van der Waals surface area contributed by atoms with Crippen LogP contribution in [0, 0.1) is 18.3 Å². The van der Waals surface area contributed by atoms with Crippen LogP contribution in [0.3, 0.4) is 0 Å². The van der Waals surface area contributed by atoms with Gasteiger partial charge >= 0.3 is 0 Å². The molecule has 1 aliphatic rings. The molecule has 5 heteroatoms. The Kier molecular flexibility index (Phi) is 4.00. The predicted octanol–water partition coefficient (Wildman–Crippen LogP) is 1.50. The van der Waals surface area contributed by atoms with Gasteiger partial charge in [-0.15, -0.1) is 0 Å². The van der Waals surface area contributed by atoms with E-state index in [1.54, 1.807) is 12.3 Å². The summed E-state index contributed by atoms with van der Waals surface area (Å²) in [6.45, 7) is 2.00. The predicted molar refractivity (Wildman–Crippen MR) is 72.5 cm³/mol. The zero-order valence-corrected chi connectivity index (χ0v) is 11.1. The third-order valence-electron chi connectivity index (χ3n) is 3.61. The zero-order valence-electron chi connectivity index (χ0n) is 11.1. The Morgan fingerprint density at radius 2 is 2.26 bits per heavy atom. The molecule has 1 saturated carbocycles. The Bertz CT molecular complexity index is 515. The van der Waals surface area contributed by atoms with Gasteiger partial charge in [0.25, 0.3) is 0 Å². The first-order valence-electron chi connectivity index (χ1n) is 6.54. The smallest absolute Gasteiger partial charge is 0.237 e. The molecule has 2 rings (SSSR count). The Labute approximate surface area is 113 Å². The molecule has 0 atom stereocenters. The van der Waals surface area contributed by atoms with E-state index in [1.807, 2.05) is 11.8 Å². The molecule has 0 radical (unpaired) electrons. The second kappa shape index (κ2) is 5.70. The highest BCUT2D eigenvalue weighted by Crippen LogP contribution is 2.29. The van der Waals surface area contributed by atoms with Gasteiger partial charge < -0.3 is 10.6 Å².